The summed E-state index contributed by atoms with van der Waals surface area (Å²) in [4.78, 5) is 2.65. The second-order valence-corrected chi connectivity index (χ2v) is 7.28. The number of piperidine rings is 1. The predicted molar refractivity (Wildman–Crippen MR) is 86.5 cm³/mol. The van der Waals surface area contributed by atoms with Gasteiger partial charge in [0, 0.05) is 30.6 Å². The topological polar surface area (TPSA) is 38.5 Å². The lowest BCUT2D eigenvalue weighted by Crippen LogP contribution is -2.52. The van der Waals surface area contributed by atoms with E-state index in [9.17, 15) is 0 Å². The van der Waals surface area contributed by atoms with E-state index in [1.54, 1.807) is 0 Å². The first-order chi connectivity index (χ1) is 10.0. The van der Waals surface area contributed by atoms with Crippen LogP contribution in [0.5, 0.6) is 5.75 Å². The minimum Gasteiger partial charge on any atom is -0.487 e. The third-order valence-electron chi connectivity index (χ3n) is 5.15. The highest BCUT2D eigenvalue weighted by Crippen LogP contribution is 2.44. The van der Waals surface area contributed by atoms with E-state index < -0.39 is 0 Å². The van der Waals surface area contributed by atoms with Crippen LogP contribution in [0.4, 0.5) is 0 Å². The van der Waals surface area contributed by atoms with Crippen molar-refractivity contribution in [3.05, 3.63) is 29.8 Å². The number of hydrogen-bond donors (Lipinski definition) is 1. The van der Waals surface area contributed by atoms with Crippen LogP contribution in [0.25, 0.3) is 0 Å². The number of ether oxygens (including phenoxy) is 1. The number of rotatable bonds is 2. The molecule has 3 heteroatoms. The highest BCUT2D eigenvalue weighted by molar-refractivity contribution is 5.39. The first kappa shape index (κ1) is 14.9. The fourth-order valence-corrected chi connectivity index (χ4v) is 4.10. The Morgan fingerprint density at radius 1 is 1.33 bits per heavy atom. The van der Waals surface area contributed by atoms with Gasteiger partial charge in [-0.15, -0.1) is 0 Å². The van der Waals surface area contributed by atoms with Crippen molar-refractivity contribution in [2.45, 2.75) is 57.7 Å². The van der Waals surface area contributed by atoms with Crippen LogP contribution < -0.4 is 10.5 Å². The summed E-state index contributed by atoms with van der Waals surface area (Å²) in [5, 5.41) is 0. The average molecular weight is 288 g/mol. The number of nitrogens with two attached hydrogens (primary N) is 1. The van der Waals surface area contributed by atoms with Gasteiger partial charge >= 0.3 is 0 Å². The van der Waals surface area contributed by atoms with Crippen LogP contribution in [0.2, 0.25) is 0 Å². The van der Waals surface area contributed by atoms with Gasteiger partial charge in [0.25, 0.3) is 0 Å². The predicted octanol–water partition coefficient (Wildman–Crippen LogP) is 3.35. The highest BCUT2D eigenvalue weighted by atomic mass is 16.5. The minimum absolute atomic E-state index is 0.112. The summed E-state index contributed by atoms with van der Waals surface area (Å²) in [7, 11) is 0. The number of benzene rings is 1. The molecule has 3 unspecified atom stereocenters. The molecule has 0 amide bonds. The number of nitrogens with zero attached hydrogens (tertiary/aromatic N) is 1. The molecule has 1 fully saturated rings. The van der Waals surface area contributed by atoms with E-state index >= 15 is 0 Å². The van der Waals surface area contributed by atoms with Crippen LogP contribution in [-0.2, 0) is 0 Å². The van der Waals surface area contributed by atoms with Crippen LogP contribution in [0.3, 0.4) is 0 Å². The van der Waals surface area contributed by atoms with Crippen molar-refractivity contribution in [1.82, 2.24) is 4.90 Å². The van der Waals surface area contributed by atoms with Gasteiger partial charge in [-0.05, 0) is 45.2 Å². The normalized spacial score (nSPS) is 32.3. The van der Waals surface area contributed by atoms with Crippen molar-refractivity contribution in [1.29, 1.82) is 0 Å². The maximum absolute atomic E-state index is 6.18. The fourth-order valence-electron chi connectivity index (χ4n) is 4.10. The fraction of sp³-hybridized carbons (Fsp3) is 0.667. The Morgan fingerprint density at radius 2 is 2.10 bits per heavy atom. The molecule has 3 rings (SSSR count). The molecular formula is C18H28N2O. The second kappa shape index (κ2) is 5.62. The van der Waals surface area contributed by atoms with Crippen molar-refractivity contribution < 1.29 is 4.74 Å². The molecule has 0 saturated carbocycles. The van der Waals surface area contributed by atoms with E-state index in [1.807, 2.05) is 0 Å². The quantitative estimate of drug-likeness (QED) is 0.907. The Hall–Kier alpha value is -1.06. The molecular weight excluding hydrogens is 260 g/mol. The van der Waals surface area contributed by atoms with Crippen molar-refractivity contribution in [3.63, 3.8) is 0 Å². The second-order valence-electron chi connectivity index (χ2n) is 7.28. The molecule has 2 heterocycles. The highest BCUT2D eigenvalue weighted by Gasteiger charge is 2.40. The number of hydrogen-bond acceptors (Lipinski definition) is 3. The first-order valence-corrected chi connectivity index (χ1v) is 8.25. The summed E-state index contributed by atoms with van der Waals surface area (Å²) in [6.45, 7) is 8.64. The zero-order valence-corrected chi connectivity index (χ0v) is 13.5. The molecule has 3 nitrogen and oxygen atoms in total. The van der Waals surface area contributed by atoms with Crippen LogP contribution in [-0.4, -0.2) is 29.6 Å². The van der Waals surface area contributed by atoms with Crippen molar-refractivity contribution in [2.75, 3.05) is 13.1 Å². The summed E-state index contributed by atoms with van der Waals surface area (Å²) in [5.74, 6) is 1.73. The first-order valence-electron chi connectivity index (χ1n) is 8.25. The molecule has 0 spiro atoms. The lowest BCUT2D eigenvalue weighted by Gasteiger charge is -2.48. The zero-order valence-electron chi connectivity index (χ0n) is 13.5. The maximum atomic E-state index is 6.18. The van der Waals surface area contributed by atoms with E-state index in [1.165, 1.54) is 18.4 Å². The van der Waals surface area contributed by atoms with Gasteiger partial charge in [0.05, 0.1) is 0 Å². The molecule has 0 radical (unpaired) electrons. The molecule has 1 saturated heterocycles. The summed E-state index contributed by atoms with van der Waals surface area (Å²) >= 11 is 0. The van der Waals surface area contributed by atoms with E-state index in [4.69, 9.17) is 10.5 Å². The van der Waals surface area contributed by atoms with Gasteiger partial charge in [-0.25, -0.2) is 0 Å². The van der Waals surface area contributed by atoms with Gasteiger partial charge in [-0.1, -0.05) is 25.1 Å². The average Bonchev–Trinajstić information content (AvgIpc) is 2.45. The Labute approximate surface area is 128 Å². The molecule has 116 valence electrons. The Kier molecular flexibility index (Phi) is 3.98. The molecule has 2 N–H and O–H groups in total. The molecule has 2 aliphatic heterocycles. The smallest absolute Gasteiger partial charge is 0.124 e. The van der Waals surface area contributed by atoms with Gasteiger partial charge in [-0.2, -0.15) is 0 Å². The Bertz CT molecular complexity index is 500. The monoisotopic (exact) mass is 288 g/mol. The van der Waals surface area contributed by atoms with E-state index in [-0.39, 0.29) is 5.60 Å². The van der Waals surface area contributed by atoms with E-state index in [2.05, 4.69) is 49.9 Å². The zero-order chi connectivity index (χ0) is 15.0. The molecule has 0 aliphatic carbocycles. The summed E-state index contributed by atoms with van der Waals surface area (Å²) in [6, 6.07) is 9.44. The van der Waals surface area contributed by atoms with Gasteiger partial charge in [0.2, 0.25) is 0 Å². The Balaban J connectivity index is 1.96. The largest absolute Gasteiger partial charge is 0.487 e. The molecule has 3 atom stereocenters. The number of fused-ring (bicyclic) bond motifs is 1. The SMILES string of the molecule is CC1CCCN(C2CC(C)(C)Oc3ccccc32)C1CN. The van der Waals surface area contributed by atoms with E-state index in [0.717, 1.165) is 25.3 Å². The van der Waals surface area contributed by atoms with Crippen molar-refractivity contribution >= 4 is 0 Å². The summed E-state index contributed by atoms with van der Waals surface area (Å²) in [6.07, 6.45) is 3.61. The van der Waals surface area contributed by atoms with Crippen LogP contribution in [0, 0.1) is 5.92 Å². The van der Waals surface area contributed by atoms with Crippen molar-refractivity contribution in [2.24, 2.45) is 11.7 Å². The van der Waals surface area contributed by atoms with Gasteiger partial charge < -0.3 is 10.5 Å². The van der Waals surface area contributed by atoms with Gasteiger partial charge in [-0.3, -0.25) is 4.90 Å². The van der Waals surface area contributed by atoms with Crippen LogP contribution >= 0.6 is 0 Å². The molecule has 1 aromatic rings. The maximum Gasteiger partial charge on any atom is 0.124 e. The molecule has 1 aromatic carbocycles. The van der Waals surface area contributed by atoms with E-state index in [0.29, 0.717) is 18.0 Å². The third kappa shape index (κ3) is 2.82. The lowest BCUT2D eigenvalue weighted by molar-refractivity contribution is -0.00820. The number of likely N-dealkylation sites (tertiary alicyclic amines) is 1. The molecule has 0 bridgehead atoms. The summed E-state index contributed by atoms with van der Waals surface area (Å²) < 4.78 is 6.18. The summed E-state index contributed by atoms with van der Waals surface area (Å²) in [5.41, 5.74) is 7.33. The molecule has 0 aromatic heterocycles. The Morgan fingerprint density at radius 3 is 2.86 bits per heavy atom. The van der Waals surface area contributed by atoms with Crippen molar-refractivity contribution in [3.8, 4) is 5.75 Å². The van der Waals surface area contributed by atoms with Gasteiger partial charge in [0.15, 0.2) is 0 Å². The van der Waals surface area contributed by atoms with Gasteiger partial charge in [0.1, 0.15) is 11.4 Å². The molecule has 2 aliphatic rings. The van der Waals surface area contributed by atoms with Crippen LogP contribution in [0.1, 0.15) is 51.6 Å². The minimum atomic E-state index is -0.112. The standard InChI is InChI=1S/C18H28N2O/c1-13-7-6-10-20(16(13)12-19)15-11-18(2,3)21-17-9-5-4-8-14(15)17/h4-5,8-9,13,15-16H,6-7,10-12,19H2,1-3H3. The van der Waals surface area contributed by atoms with Crippen LogP contribution in [0.15, 0.2) is 24.3 Å². The number of para-hydroxylation sites is 1. The third-order valence-corrected chi connectivity index (χ3v) is 5.15. The molecule has 21 heavy (non-hydrogen) atoms. The lowest BCUT2D eigenvalue weighted by atomic mass is 9.83.